The summed E-state index contributed by atoms with van der Waals surface area (Å²) in [6, 6.07) is 8.26. The van der Waals surface area contributed by atoms with Gasteiger partial charge in [-0.3, -0.25) is 4.79 Å². The average Bonchev–Trinajstić information content (AvgIpc) is 2.39. The van der Waals surface area contributed by atoms with Gasteiger partial charge >= 0.3 is 6.03 Å². The van der Waals surface area contributed by atoms with E-state index in [9.17, 15) is 9.59 Å². The van der Waals surface area contributed by atoms with Gasteiger partial charge < -0.3 is 15.5 Å². The van der Waals surface area contributed by atoms with Crippen LogP contribution in [-0.4, -0.2) is 37.5 Å². The van der Waals surface area contributed by atoms with Gasteiger partial charge in [0.25, 0.3) is 0 Å². The van der Waals surface area contributed by atoms with Crippen LogP contribution < -0.4 is 10.6 Å². The second-order valence-corrected chi connectivity index (χ2v) is 4.08. The van der Waals surface area contributed by atoms with Gasteiger partial charge in [-0.1, -0.05) is 12.1 Å². The fraction of sp³-hybridized carbons (Fsp3) is 0.308. The maximum Gasteiger partial charge on any atom is 0.319 e. The molecule has 0 aliphatic carbocycles. The van der Waals surface area contributed by atoms with Gasteiger partial charge in [-0.15, -0.1) is 0 Å². The molecule has 2 N–H and O–H groups in total. The number of nitrogens with zero attached hydrogens (tertiary/aromatic N) is 2. The molecular formula is C13H16N4O2. The van der Waals surface area contributed by atoms with Crippen molar-refractivity contribution in [2.45, 2.75) is 6.42 Å². The maximum atomic E-state index is 11.6. The van der Waals surface area contributed by atoms with E-state index in [0.29, 0.717) is 11.3 Å². The van der Waals surface area contributed by atoms with Crippen molar-refractivity contribution in [1.82, 2.24) is 10.2 Å². The van der Waals surface area contributed by atoms with Crippen LogP contribution in [0.3, 0.4) is 0 Å². The molecule has 0 unspecified atom stereocenters. The first kappa shape index (κ1) is 14.5. The van der Waals surface area contributed by atoms with Crippen LogP contribution in [-0.2, 0) is 4.79 Å². The standard InChI is InChI=1S/C13H16N4O2/c1-17(2)12(18)7-8-15-13(19)16-11-6-4-3-5-10(11)9-14/h3-6H,7-8H2,1-2H3,(H2,15,16,19). The van der Waals surface area contributed by atoms with Crippen LogP contribution in [0.5, 0.6) is 0 Å². The highest BCUT2D eigenvalue weighted by Gasteiger charge is 2.07. The lowest BCUT2D eigenvalue weighted by Gasteiger charge is -2.11. The zero-order chi connectivity index (χ0) is 14.3. The van der Waals surface area contributed by atoms with Crippen molar-refractivity contribution in [2.24, 2.45) is 0 Å². The molecule has 0 saturated carbocycles. The Labute approximate surface area is 112 Å². The summed E-state index contributed by atoms with van der Waals surface area (Å²) in [5.41, 5.74) is 0.837. The van der Waals surface area contributed by atoms with Crippen molar-refractivity contribution in [2.75, 3.05) is 26.0 Å². The van der Waals surface area contributed by atoms with Crippen LogP contribution in [0.2, 0.25) is 0 Å². The van der Waals surface area contributed by atoms with Crippen molar-refractivity contribution in [1.29, 1.82) is 5.26 Å². The summed E-state index contributed by atoms with van der Waals surface area (Å²) in [6.45, 7) is 0.248. The predicted molar refractivity (Wildman–Crippen MR) is 71.5 cm³/mol. The lowest BCUT2D eigenvalue weighted by molar-refractivity contribution is -0.128. The molecule has 3 amide bonds. The summed E-state index contributed by atoms with van der Waals surface area (Å²) in [6.07, 6.45) is 0.236. The van der Waals surface area contributed by atoms with E-state index in [4.69, 9.17) is 5.26 Å². The fourth-order valence-corrected chi connectivity index (χ4v) is 1.36. The third-order valence-corrected chi connectivity index (χ3v) is 2.42. The molecule has 0 aliphatic rings. The minimum atomic E-state index is -0.436. The molecule has 0 heterocycles. The van der Waals surface area contributed by atoms with Crippen LogP contribution in [0.1, 0.15) is 12.0 Å². The summed E-state index contributed by atoms with van der Waals surface area (Å²) >= 11 is 0. The van der Waals surface area contributed by atoms with E-state index in [1.807, 2.05) is 6.07 Å². The highest BCUT2D eigenvalue weighted by atomic mass is 16.2. The van der Waals surface area contributed by atoms with Gasteiger partial charge in [0.05, 0.1) is 11.3 Å². The molecular weight excluding hydrogens is 244 g/mol. The second-order valence-electron chi connectivity index (χ2n) is 4.08. The number of carbonyl (C=O) groups excluding carboxylic acids is 2. The van der Waals surface area contributed by atoms with E-state index in [1.165, 1.54) is 4.90 Å². The van der Waals surface area contributed by atoms with Gasteiger partial charge in [0.1, 0.15) is 6.07 Å². The Hall–Kier alpha value is -2.55. The van der Waals surface area contributed by atoms with Crippen molar-refractivity contribution >= 4 is 17.6 Å². The van der Waals surface area contributed by atoms with Crippen LogP contribution in [0.4, 0.5) is 10.5 Å². The predicted octanol–water partition coefficient (Wildman–Crippen LogP) is 1.16. The van der Waals surface area contributed by atoms with Gasteiger partial charge in [0.15, 0.2) is 0 Å². The van der Waals surface area contributed by atoms with E-state index in [2.05, 4.69) is 10.6 Å². The van der Waals surface area contributed by atoms with Crippen molar-refractivity contribution < 1.29 is 9.59 Å². The molecule has 0 saturated heterocycles. The van der Waals surface area contributed by atoms with Gasteiger partial charge in [-0.25, -0.2) is 4.79 Å². The number of hydrogen-bond acceptors (Lipinski definition) is 3. The zero-order valence-corrected chi connectivity index (χ0v) is 10.9. The Bertz CT molecular complexity index is 506. The summed E-state index contributed by atoms with van der Waals surface area (Å²) in [4.78, 5) is 24.3. The molecule has 0 aliphatic heterocycles. The quantitative estimate of drug-likeness (QED) is 0.851. The molecule has 0 fully saturated rings. The van der Waals surface area contributed by atoms with E-state index in [-0.39, 0.29) is 18.9 Å². The lowest BCUT2D eigenvalue weighted by atomic mass is 10.2. The highest BCUT2D eigenvalue weighted by molar-refractivity contribution is 5.91. The van der Waals surface area contributed by atoms with E-state index >= 15 is 0 Å². The number of anilines is 1. The molecule has 0 bridgehead atoms. The first-order valence-electron chi connectivity index (χ1n) is 5.78. The van der Waals surface area contributed by atoms with Crippen LogP contribution in [0.15, 0.2) is 24.3 Å². The minimum absolute atomic E-state index is 0.0577. The number of amides is 3. The maximum absolute atomic E-state index is 11.6. The Morgan fingerprint density at radius 1 is 1.32 bits per heavy atom. The van der Waals surface area contributed by atoms with E-state index in [0.717, 1.165) is 0 Å². The number of carbonyl (C=O) groups is 2. The van der Waals surface area contributed by atoms with Gasteiger partial charge in [0.2, 0.25) is 5.91 Å². The first-order valence-corrected chi connectivity index (χ1v) is 5.78. The van der Waals surface area contributed by atoms with Crippen molar-refractivity contribution in [3.63, 3.8) is 0 Å². The number of benzene rings is 1. The normalized spacial score (nSPS) is 9.32. The van der Waals surface area contributed by atoms with Gasteiger partial charge in [0, 0.05) is 27.1 Å². The summed E-state index contributed by atoms with van der Waals surface area (Å²) in [7, 11) is 3.32. The summed E-state index contributed by atoms with van der Waals surface area (Å²) in [5, 5.41) is 14.0. The molecule has 0 aromatic heterocycles. The topological polar surface area (TPSA) is 85.2 Å². The first-order chi connectivity index (χ1) is 9.04. The van der Waals surface area contributed by atoms with Crippen molar-refractivity contribution in [3.8, 4) is 6.07 Å². The van der Waals surface area contributed by atoms with Gasteiger partial charge in [-0.05, 0) is 12.1 Å². The Morgan fingerprint density at radius 2 is 2.00 bits per heavy atom. The van der Waals surface area contributed by atoms with Crippen LogP contribution >= 0.6 is 0 Å². The Balaban J connectivity index is 2.44. The van der Waals surface area contributed by atoms with Crippen LogP contribution in [0.25, 0.3) is 0 Å². The molecule has 19 heavy (non-hydrogen) atoms. The Morgan fingerprint density at radius 3 is 2.63 bits per heavy atom. The molecule has 0 radical (unpaired) electrons. The molecule has 6 heteroatoms. The van der Waals surface area contributed by atoms with Gasteiger partial charge in [-0.2, -0.15) is 5.26 Å². The lowest BCUT2D eigenvalue weighted by Crippen LogP contribution is -2.33. The van der Waals surface area contributed by atoms with Crippen LogP contribution in [0, 0.1) is 11.3 Å². The Kier molecular flexibility index (Phi) is 5.35. The minimum Gasteiger partial charge on any atom is -0.349 e. The molecule has 1 aromatic carbocycles. The highest BCUT2D eigenvalue weighted by Crippen LogP contribution is 2.12. The smallest absolute Gasteiger partial charge is 0.319 e. The second kappa shape index (κ2) is 7.01. The number of nitriles is 1. The number of nitrogens with one attached hydrogen (secondary N) is 2. The number of hydrogen-bond donors (Lipinski definition) is 2. The summed E-state index contributed by atoms with van der Waals surface area (Å²) in [5.74, 6) is -0.0577. The molecule has 1 aromatic rings. The third kappa shape index (κ3) is 4.68. The summed E-state index contributed by atoms with van der Waals surface area (Å²) < 4.78 is 0. The zero-order valence-electron chi connectivity index (χ0n) is 10.9. The molecule has 6 nitrogen and oxygen atoms in total. The van der Waals surface area contributed by atoms with E-state index in [1.54, 1.807) is 38.4 Å². The SMILES string of the molecule is CN(C)C(=O)CCNC(=O)Nc1ccccc1C#N. The number of para-hydroxylation sites is 1. The molecule has 0 atom stereocenters. The molecule has 0 spiro atoms. The fourth-order valence-electron chi connectivity index (χ4n) is 1.36. The average molecular weight is 260 g/mol. The molecule has 100 valence electrons. The number of rotatable bonds is 4. The molecule has 1 rings (SSSR count). The van der Waals surface area contributed by atoms with Crippen molar-refractivity contribution in [3.05, 3.63) is 29.8 Å². The number of urea groups is 1. The third-order valence-electron chi connectivity index (χ3n) is 2.42. The monoisotopic (exact) mass is 260 g/mol. The largest absolute Gasteiger partial charge is 0.349 e. The van der Waals surface area contributed by atoms with E-state index < -0.39 is 6.03 Å².